The van der Waals surface area contributed by atoms with Gasteiger partial charge in [-0.2, -0.15) is 0 Å². The van der Waals surface area contributed by atoms with Crippen LogP contribution >= 0.6 is 27.5 Å². The van der Waals surface area contributed by atoms with Crippen molar-refractivity contribution in [2.45, 2.75) is 39.4 Å². The van der Waals surface area contributed by atoms with Gasteiger partial charge in [0, 0.05) is 22.1 Å². The number of nitrogens with zero attached hydrogens (tertiary/aromatic N) is 2. The first-order valence-electron chi connectivity index (χ1n) is 9.96. The largest absolute Gasteiger partial charge is 0.352 e. The van der Waals surface area contributed by atoms with Gasteiger partial charge in [0.1, 0.15) is 12.6 Å². The van der Waals surface area contributed by atoms with Gasteiger partial charge in [-0.25, -0.2) is 8.42 Å². The maximum Gasteiger partial charge on any atom is 0.244 e. The molecule has 0 bridgehead atoms. The Kier molecular flexibility index (Phi) is 9.12. The highest BCUT2D eigenvalue weighted by atomic mass is 79.9. The minimum absolute atomic E-state index is 0.0994. The second-order valence-electron chi connectivity index (χ2n) is 7.74. The molecule has 0 fully saturated rings. The lowest BCUT2D eigenvalue weighted by atomic mass is 10.1. The molecule has 0 radical (unpaired) electrons. The van der Waals surface area contributed by atoms with Crippen molar-refractivity contribution < 1.29 is 18.0 Å². The number of nitrogens with one attached hydrogen (secondary N) is 1. The highest BCUT2D eigenvalue weighted by Gasteiger charge is 2.30. The van der Waals surface area contributed by atoms with E-state index in [0.717, 1.165) is 16.1 Å². The highest BCUT2D eigenvalue weighted by Crippen LogP contribution is 2.23. The van der Waals surface area contributed by atoms with Crippen molar-refractivity contribution in [3.8, 4) is 0 Å². The summed E-state index contributed by atoms with van der Waals surface area (Å²) in [5.41, 5.74) is 1.07. The van der Waals surface area contributed by atoms with Crippen LogP contribution in [0.25, 0.3) is 0 Å². The molecule has 0 spiro atoms. The SMILES string of the molecule is CC(C)NC(=O)[C@H](C)N(Cc1cccc(Cl)c1)C(=O)CN(c1cccc(Br)c1)S(C)(=O)=O. The van der Waals surface area contributed by atoms with Crippen LogP contribution in [-0.4, -0.2) is 50.0 Å². The molecule has 0 unspecified atom stereocenters. The summed E-state index contributed by atoms with van der Waals surface area (Å²) in [5.74, 6) is -0.842. The van der Waals surface area contributed by atoms with Gasteiger partial charge in [-0.3, -0.25) is 13.9 Å². The predicted octanol–water partition coefficient (Wildman–Crippen LogP) is 3.81. The standard InChI is InChI=1S/C22H27BrClN3O4S/c1-15(2)25-22(29)16(3)26(13-17-7-5-9-19(24)11-17)21(28)14-27(32(4,30)31)20-10-6-8-18(23)12-20/h5-12,15-16H,13-14H2,1-4H3,(H,25,29)/t16-/m0/s1. The van der Waals surface area contributed by atoms with Gasteiger partial charge in [-0.1, -0.05) is 45.7 Å². The fourth-order valence-electron chi connectivity index (χ4n) is 3.06. The van der Waals surface area contributed by atoms with Crippen molar-refractivity contribution in [2.75, 3.05) is 17.1 Å². The Hall–Kier alpha value is -2.10. The Bertz CT molecular complexity index is 1080. The smallest absolute Gasteiger partial charge is 0.244 e. The molecule has 2 aromatic rings. The average Bonchev–Trinajstić information content (AvgIpc) is 2.68. The Morgan fingerprint density at radius 3 is 2.31 bits per heavy atom. The molecule has 0 saturated carbocycles. The lowest BCUT2D eigenvalue weighted by molar-refractivity contribution is -0.139. The molecule has 0 heterocycles. The molecule has 10 heteroatoms. The zero-order valence-electron chi connectivity index (χ0n) is 18.4. The van der Waals surface area contributed by atoms with E-state index in [9.17, 15) is 18.0 Å². The van der Waals surface area contributed by atoms with Gasteiger partial charge in [-0.05, 0) is 56.7 Å². The quantitative estimate of drug-likeness (QED) is 0.520. The summed E-state index contributed by atoms with van der Waals surface area (Å²) in [4.78, 5) is 27.4. The van der Waals surface area contributed by atoms with Gasteiger partial charge in [0.25, 0.3) is 0 Å². The van der Waals surface area contributed by atoms with Gasteiger partial charge in [0.2, 0.25) is 21.8 Å². The maximum absolute atomic E-state index is 13.4. The van der Waals surface area contributed by atoms with Gasteiger partial charge in [0.05, 0.1) is 11.9 Å². The van der Waals surface area contributed by atoms with Crippen LogP contribution in [0.3, 0.4) is 0 Å². The molecule has 0 aromatic heterocycles. The van der Waals surface area contributed by atoms with E-state index in [1.54, 1.807) is 55.5 Å². The number of hydrogen-bond donors (Lipinski definition) is 1. The lowest BCUT2D eigenvalue weighted by Crippen LogP contribution is -2.52. The molecule has 0 aliphatic heterocycles. The third-order valence-corrected chi connectivity index (χ3v) is 6.48. The van der Waals surface area contributed by atoms with Crippen molar-refractivity contribution in [3.63, 3.8) is 0 Å². The van der Waals surface area contributed by atoms with E-state index in [0.29, 0.717) is 15.2 Å². The number of benzene rings is 2. The summed E-state index contributed by atoms with van der Waals surface area (Å²) in [6, 6.07) is 12.7. The van der Waals surface area contributed by atoms with Gasteiger partial charge >= 0.3 is 0 Å². The highest BCUT2D eigenvalue weighted by molar-refractivity contribution is 9.10. The maximum atomic E-state index is 13.4. The zero-order chi connectivity index (χ0) is 24.1. The van der Waals surface area contributed by atoms with Crippen LogP contribution in [0, 0.1) is 0 Å². The third kappa shape index (κ3) is 7.50. The summed E-state index contributed by atoms with van der Waals surface area (Å²) < 4.78 is 26.7. The molecule has 1 N–H and O–H groups in total. The molecular weight excluding hydrogens is 518 g/mol. The second kappa shape index (κ2) is 11.2. The number of rotatable bonds is 9. The molecule has 7 nitrogen and oxygen atoms in total. The Labute approximate surface area is 202 Å². The predicted molar refractivity (Wildman–Crippen MR) is 131 cm³/mol. The van der Waals surface area contributed by atoms with Gasteiger partial charge < -0.3 is 10.2 Å². The van der Waals surface area contributed by atoms with Crippen LogP contribution in [0.4, 0.5) is 5.69 Å². The summed E-state index contributed by atoms with van der Waals surface area (Å²) >= 11 is 9.41. The first-order chi connectivity index (χ1) is 14.9. The monoisotopic (exact) mass is 543 g/mol. The van der Waals surface area contributed by atoms with Crippen LogP contribution in [0.1, 0.15) is 26.3 Å². The Morgan fingerprint density at radius 1 is 1.09 bits per heavy atom. The summed E-state index contributed by atoms with van der Waals surface area (Å²) in [6.45, 7) is 4.92. The molecule has 1 atom stereocenters. The minimum atomic E-state index is -3.76. The lowest BCUT2D eigenvalue weighted by Gasteiger charge is -2.32. The summed E-state index contributed by atoms with van der Waals surface area (Å²) in [6.07, 6.45) is 1.04. The fraction of sp³-hybridized carbons (Fsp3) is 0.364. The minimum Gasteiger partial charge on any atom is -0.352 e. The summed E-state index contributed by atoms with van der Waals surface area (Å²) in [5, 5.41) is 3.30. The number of sulfonamides is 1. The van der Waals surface area contributed by atoms with Crippen molar-refractivity contribution in [3.05, 3.63) is 63.6 Å². The first kappa shape index (κ1) is 26.2. The van der Waals surface area contributed by atoms with Gasteiger partial charge in [0.15, 0.2) is 0 Å². The van der Waals surface area contributed by atoms with E-state index in [1.807, 2.05) is 13.8 Å². The van der Waals surface area contributed by atoms with E-state index >= 15 is 0 Å². The van der Waals surface area contributed by atoms with Gasteiger partial charge in [-0.15, -0.1) is 0 Å². The molecule has 0 saturated heterocycles. The third-order valence-electron chi connectivity index (χ3n) is 4.62. The van der Waals surface area contributed by atoms with Crippen molar-refractivity contribution in [1.82, 2.24) is 10.2 Å². The van der Waals surface area contributed by atoms with Crippen molar-refractivity contribution >= 4 is 55.1 Å². The van der Waals surface area contributed by atoms with Crippen molar-refractivity contribution in [2.24, 2.45) is 0 Å². The van der Waals surface area contributed by atoms with E-state index in [2.05, 4.69) is 21.2 Å². The van der Waals surface area contributed by atoms with E-state index < -0.39 is 28.5 Å². The van der Waals surface area contributed by atoms with Crippen LogP contribution in [0.5, 0.6) is 0 Å². The molecule has 32 heavy (non-hydrogen) atoms. The number of anilines is 1. The molecule has 2 aromatic carbocycles. The van der Waals surface area contributed by atoms with E-state index in [4.69, 9.17) is 11.6 Å². The topological polar surface area (TPSA) is 86.8 Å². The molecule has 2 rings (SSSR count). The van der Waals surface area contributed by atoms with E-state index in [1.165, 1.54) is 4.90 Å². The molecule has 0 aliphatic rings. The van der Waals surface area contributed by atoms with Crippen LogP contribution in [-0.2, 0) is 26.2 Å². The number of amides is 2. The number of hydrogen-bond acceptors (Lipinski definition) is 4. The normalized spacial score (nSPS) is 12.3. The van der Waals surface area contributed by atoms with Crippen LogP contribution in [0.2, 0.25) is 5.02 Å². The first-order valence-corrected chi connectivity index (χ1v) is 13.0. The molecule has 0 aliphatic carbocycles. The van der Waals surface area contributed by atoms with E-state index in [-0.39, 0.29) is 18.5 Å². The molecule has 174 valence electrons. The second-order valence-corrected chi connectivity index (χ2v) is 11.0. The fourth-order valence-corrected chi connectivity index (χ4v) is 4.51. The summed E-state index contributed by atoms with van der Waals surface area (Å²) in [7, 11) is -3.76. The number of carbonyl (C=O) groups is 2. The van der Waals surface area contributed by atoms with Crippen molar-refractivity contribution in [1.29, 1.82) is 0 Å². The Morgan fingerprint density at radius 2 is 1.75 bits per heavy atom. The Balaban J connectivity index is 2.39. The molecular formula is C22H27BrClN3O4S. The number of carbonyl (C=O) groups excluding carboxylic acids is 2. The number of halogens is 2. The molecule has 2 amide bonds. The zero-order valence-corrected chi connectivity index (χ0v) is 21.5. The van der Waals surface area contributed by atoms with Crippen LogP contribution < -0.4 is 9.62 Å². The van der Waals surface area contributed by atoms with Crippen LogP contribution in [0.15, 0.2) is 53.0 Å². The average molecular weight is 545 g/mol.